The topological polar surface area (TPSA) is 37.4 Å². The average molecular weight is 233 g/mol. The molecule has 0 aromatic carbocycles. The monoisotopic (exact) mass is 233 g/mol. The molecule has 3 rings (SSSR count). The fourth-order valence-electron chi connectivity index (χ4n) is 2.62. The zero-order valence-corrected chi connectivity index (χ0v) is 10.1. The van der Waals surface area contributed by atoms with Gasteiger partial charge in [-0.1, -0.05) is 0 Å². The van der Waals surface area contributed by atoms with Crippen molar-refractivity contribution < 1.29 is 4.74 Å². The molecule has 1 aromatic rings. The molecule has 1 aromatic heterocycles. The smallest absolute Gasteiger partial charge is 0.0594 e. The molecule has 1 atom stereocenters. The van der Waals surface area contributed by atoms with E-state index in [0.717, 1.165) is 39.3 Å². The van der Waals surface area contributed by atoms with Crippen LogP contribution in [0.1, 0.15) is 12.0 Å². The number of nitrogens with one attached hydrogen (secondary N) is 1. The Morgan fingerprint density at radius 3 is 3.18 bits per heavy atom. The van der Waals surface area contributed by atoms with Crippen molar-refractivity contribution in [2.24, 2.45) is 0 Å². The molecule has 2 aliphatic rings. The fourth-order valence-corrected chi connectivity index (χ4v) is 2.62. The Kier molecular flexibility index (Phi) is 3.25. The zero-order valence-electron chi connectivity index (χ0n) is 10.1. The minimum atomic E-state index is 0.572. The second-order valence-electron chi connectivity index (χ2n) is 4.83. The SMILES string of the molecule is c1cc2c(cn1)CCC(CN1CCOCC1)N2. The predicted molar refractivity (Wildman–Crippen MR) is 67.2 cm³/mol. The standard InChI is InChI=1S/C13H19N3O/c1-2-12(10-16-5-7-17-8-6-16)15-13-3-4-14-9-11(1)13/h3-4,9,12,15H,1-2,5-8,10H2. The first kappa shape index (κ1) is 11.0. The molecule has 4 heteroatoms. The molecule has 0 radical (unpaired) electrons. The van der Waals surface area contributed by atoms with E-state index < -0.39 is 0 Å². The Hall–Kier alpha value is -1.13. The summed E-state index contributed by atoms with van der Waals surface area (Å²) >= 11 is 0. The van der Waals surface area contributed by atoms with E-state index in [1.165, 1.54) is 17.7 Å². The van der Waals surface area contributed by atoms with Gasteiger partial charge in [0.25, 0.3) is 0 Å². The van der Waals surface area contributed by atoms with E-state index >= 15 is 0 Å². The van der Waals surface area contributed by atoms with Crippen molar-refractivity contribution in [2.45, 2.75) is 18.9 Å². The molecular weight excluding hydrogens is 214 g/mol. The molecule has 17 heavy (non-hydrogen) atoms. The summed E-state index contributed by atoms with van der Waals surface area (Å²) in [6.45, 7) is 5.04. The van der Waals surface area contributed by atoms with Crippen LogP contribution in [0.3, 0.4) is 0 Å². The van der Waals surface area contributed by atoms with Crippen LogP contribution in [-0.4, -0.2) is 48.8 Å². The van der Waals surface area contributed by atoms with Gasteiger partial charge in [0.15, 0.2) is 0 Å². The lowest BCUT2D eigenvalue weighted by molar-refractivity contribution is 0.0357. The third-order valence-corrected chi connectivity index (χ3v) is 3.61. The number of morpholine rings is 1. The number of rotatable bonds is 2. The molecule has 4 nitrogen and oxygen atoms in total. The summed E-state index contributed by atoms with van der Waals surface area (Å²) < 4.78 is 5.37. The van der Waals surface area contributed by atoms with Crippen LogP contribution in [0.4, 0.5) is 5.69 Å². The molecule has 0 saturated carbocycles. The van der Waals surface area contributed by atoms with Gasteiger partial charge >= 0.3 is 0 Å². The van der Waals surface area contributed by atoms with E-state index in [1.807, 2.05) is 12.4 Å². The molecule has 1 unspecified atom stereocenters. The molecule has 0 spiro atoms. The first-order valence-corrected chi connectivity index (χ1v) is 6.41. The molecule has 1 N–H and O–H groups in total. The van der Waals surface area contributed by atoms with Crippen molar-refractivity contribution in [1.82, 2.24) is 9.88 Å². The van der Waals surface area contributed by atoms with Gasteiger partial charge in [0.2, 0.25) is 0 Å². The number of nitrogens with zero attached hydrogens (tertiary/aromatic N) is 2. The van der Waals surface area contributed by atoms with Gasteiger partial charge in [0, 0.05) is 43.8 Å². The highest BCUT2D eigenvalue weighted by molar-refractivity contribution is 5.52. The van der Waals surface area contributed by atoms with Crippen LogP contribution in [-0.2, 0) is 11.2 Å². The largest absolute Gasteiger partial charge is 0.381 e. The number of fused-ring (bicyclic) bond motifs is 1. The molecule has 3 heterocycles. The van der Waals surface area contributed by atoms with Gasteiger partial charge in [-0.15, -0.1) is 0 Å². The number of aromatic nitrogens is 1. The summed E-state index contributed by atoms with van der Waals surface area (Å²) in [4.78, 5) is 6.67. The van der Waals surface area contributed by atoms with E-state index in [9.17, 15) is 0 Å². The second kappa shape index (κ2) is 5.02. The van der Waals surface area contributed by atoms with Gasteiger partial charge in [-0.2, -0.15) is 0 Å². The Labute approximate surface area is 102 Å². The summed E-state index contributed by atoms with van der Waals surface area (Å²) in [5, 5.41) is 3.62. The van der Waals surface area contributed by atoms with Gasteiger partial charge in [0.05, 0.1) is 13.2 Å². The maximum atomic E-state index is 5.37. The van der Waals surface area contributed by atoms with Gasteiger partial charge in [-0.25, -0.2) is 0 Å². The Bertz CT molecular complexity index is 377. The van der Waals surface area contributed by atoms with Crippen LogP contribution in [0.2, 0.25) is 0 Å². The third-order valence-electron chi connectivity index (χ3n) is 3.61. The van der Waals surface area contributed by atoms with Crippen molar-refractivity contribution in [3.63, 3.8) is 0 Å². The van der Waals surface area contributed by atoms with E-state index in [-0.39, 0.29) is 0 Å². The molecule has 1 fully saturated rings. The van der Waals surface area contributed by atoms with Gasteiger partial charge in [0.1, 0.15) is 0 Å². The summed E-state index contributed by atoms with van der Waals surface area (Å²) in [6, 6.07) is 2.66. The molecule has 2 aliphatic heterocycles. The van der Waals surface area contributed by atoms with Crippen molar-refractivity contribution in [2.75, 3.05) is 38.2 Å². The number of hydrogen-bond acceptors (Lipinski definition) is 4. The summed E-state index contributed by atoms with van der Waals surface area (Å²) in [7, 11) is 0. The minimum Gasteiger partial charge on any atom is -0.381 e. The zero-order chi connectivity index (χ0) is 11.5. The van der Waals surface area contributed by atoms with Crippen LogP contribution >= 0.6 is 0 Å². The quantitative estimate of drug-likeness (QED) is 0.831. The second-order valence-corrected chi connectivity index (χ2v) is 4.83. The number of ether oxygens (including phenoxy) is 1. The van der Waals surface area contributed by atoms with E-state index in [1.54, 1.807) is 0 Å². The van der Waals surface area contributed by atoms with Crippen LogP contribution in [0.15, 0.2) is 18.5 Å². The Morgan fingerprint density at radius 1 is 1.41 bits per heavy atom. The summed E-state index contributed by atoms with van der Waals surface area (Å²) in [6.07, 6.45) is 6.19. The van der Waals surface area contributed by atoms with Gasteiger partial charge in [-0.3, -0.25) is 9.88 Å². The normalized spacial score (nSPS) is 25.1. The fraction of sp³-hybridized carbons (Fsp3) is 0.615. The lowest BCUT2D eigenvalue weighted by Crippen LogP contribution is -2.44. The first-order chi connectivity index (χ1) is 8.42. The van der Waals surface area contributed by atoms with Crippen molar-refractivity contribution in [1.29, 1.82) is 0 Å². The van der Waals surface area contributed by atoms with Crippen molar-refractivity contribution >= 4 is 5.69 Å². The maximum Gasteiger partial charge on any atom is 0.0594 e. The van der Waals surface area contributed by atoms with Gasteiger partial charge < -0.3 is 10.1 Å². The molecule has 0 aliphatic carbocycles. The van der Waals surface area contributed by atoms with Crippen LogP contribution in [0, 0.1) is 0 Å². The Balaban J connectivity index is 1.60. The molecule has 0 amide bonds. The first-order valence-electron chi connectivity index (χ1n) is 6.41. The van der Waals surface area contributed by atoms with Crippen molar-refractivity contribution in [3.05, 3.63) is 24.0 Å². The highest BCUT2D eigenvalue weighted by Crippen LogP contribution is 2.23. The molecule has 1 saturated heterocycles. The maximum absolute atomic E-state index is 5.37. The average Bonchev–Trinajstić information content (AvgIpc) is 2.40. The lowest BCUT2D eigenvalue weighted by Gasteiger charge is -2.33. The number of pyridine rings is 1. The predicted octanol–water partition coefficient (Wildman–Crippen LogP) is 1.14. The van der Waals surface area contributed by atoms with Crippen molar-refractivity contribution in [3.8, 4) is 0 Å². The third kappa shape index (κ3) is 2.58. The molecule has 0 bridgehead atoms. The molecule has 92 valence electrons. The Morgan fingerprint density at radius 2 is 2.29 bits per heavy atom. The van der Waals surface area contributed by atoms with Crippen LogP contribution in [0.5, 0.6) is 0 Å². The highest BCUT2D eigenvalue weighted by Gasteiger charge is 2.21. The minimum absolute atomic E-state index is 0.572. The lowest BCUT2D eigenvalue weighted by atomic mass is 9.99. The summed E-state index contributed by atoms with van der Waals surface area (Å²) in [5.41, 5.74) is 2.62. The number of anilines is 1. The van der Waals surface area contributed by atoms with E-state index in [4.69, 9.17) is 4.74 Å². The van der Waals surface area contributed by atoms with Crippen LogP contribution in [0.25, 0.3) is 0 Å². The van der Waals surface area contributed by atoms with E-state index in [2.05, 4.69) is 21.3 Å². The van der Waals surface area contributed by atoms with Gasteiger partial charge in [-0.05, 0) is 24.5 Å². The summed E-state index contributed by atoms with van der Waals surface area (Å²) in [5.74, 6) is 0. The number of hydrogen-bond donors (Lipinski definition) is 1. The van der Waals surface area contributed by atoms with E-state index in [0.29, 0.717) is 6.04 Å². The highest BCUT2D eigenvalue weighted by atomic mass is 16.5. The van der Waals surface area contributed by atoms with Crippen LogP contribution < -0.4 is 5.32 Å². The molecular formula is C13H19N3O. The number of aryl methyl sites for hydroxylation is 1.